The second-order valence-electron chi connectivity index (χ2n) is 8.04. The molecule has 0 saturated heterocycles. The first-order valence-electron chi connectivity index (χ1n) is 11.5. The van der Waals surface area contributed by atoms with Gasteiger partial charge in [0, 0.05) is 20.5 Å². The van der Waals surface area contributed by atoms with E-state index in [0.29, 0.717) is 0 Å². The Balaban J connectivity index is 3.13. The number of hydrogen-bond acceptors (Lipinski definition) is 1. The molecule has 154 valence electrons. The van der Waals surface area contributed by atoms with Gasteiger partial charge in [0.25, 0.3) is 0 Å². The van der Waals surface area contributed by atoms with E-state index in [2.05, 4.69) is 19.1 Å². The van der Waals surface area contributed by atoms with Crippen LogP contribution in [0, 0.1) is 0 Å². The van der Waals surface area contributed by atoms with E-state index in [-0.39, 0.29) is 5.91 Å². The number of carbonyl (C=O) groups excluding carboxylic acids is 1. The van der Waals surface area contributed by atoms with E-state index < -0.39 is 0 Å². The Morgan fingerprint density at radius 3 is 1.42 bits per heavy atom. The molecule has 2 heteroatoms. The molecule has 26 heavy (non-hydrogen) atoms. The van der Waals surface area contributed by atoms with E-state index in [4.69, 9.17) is 0 Å². The lowest BCUT2D eigenvalue weighted by atomic mass is 10.1. The van der Waals surface area contributed by atoms with E-state index >= 15 is 0 Å². The fourth-order valence-corrected chi connectivity index (χ4v) is 3.28. The number of nitrogens with zero attached hydrogens (tertiary/aromatic N) is 1. The lowest BCUT2D eigenvalue weighted by Gasteiger charge is -2.09. The van der Waals surface area contributed by atoms with Gasteiger partial charge < -0.3 is 4.90 Å². The molecule has 0 aliphatic rings. The van der Waals surface area contributed by atoms with Gasteiger partial charge in [-0.1, -0.05) is 96.1 Å². The molecule has 0 unspecified atom stereocenters. The molecule has 0 saturated carbocycles. The SMILES string of the molecule is CCCCCCCC/C=C\CCCCCCCCCCCC(=O)N(C)C. The van der Waals surface area contributed by atoms with Gasteiger partial charge in [0.2, 0.25) is 5.91 Å². The Morgan fingerprint density at radius 2 is 1.00 bits per heavy atom. The van der Waals surface area contributed by atoms with Crippen molar-refractivity contribution in [2.24, 2.45) is 0 Å². The van der Waals surface area contributed by atoms with E-state index in [1.165, 1.54) is 103 Å². The average molecular weight is 366 g/mol. The molecule has 0 fully saturated rings. The normalized spacial score (nSPS) is 11.3. The Bertz CT molecular complexity index is 322. The Kier molecular flexibility index (Phi) is 19.9. The summed E-state index contributed by atoms with van der Waals surface area (Å²) in [5, 5.41) is 0. The standard InChI is InChI=1S/C24H47NO/c1-4-5-6-7-8-9-10-11-12-13-14-15-16-17-18-19-20-21-22-23-24(26)25(2)3/h11-12H,4-10,13-23H2,1-3H3/b12-11-. The van der Waals surface area contributed by atoms with Crippen LogP contribution in [0.3, 0.4) is 0 Å². The largest absolute Gasteiger partial charge is 0.349 e. The third kappa shape index (κ3) is 19.5. The van der Waals surface area contributed by atoms with Gasteiger partial charge in [0.05, 0.1) is 0 Å². The Hall–Kier alpha value is -0.790. The van der Waals surface area contributed by atoms with Crippen LogP contribution in [0.15, 0.2) is 12.2 Å². The maximum atomic E-state index is 11.4. The van der Waals surface area contributed by atoms with Crippen LogP contribution in [-0.4, -0.2) is 24.9 Å². The van der Waals surface area contributed by atoms with E-state index in [0.717, 1.165) is 12.8 Å². The summed E-state index contributed by atoms with van der Waals surface area (Å²) in [5.74, 6) is 0.269. The fourth-order valence-electron chi connectivity index (χ4n) is 3.28. The van der Waals surface area contributed by atoms with Crippen molar-refractivity contribution in [3.8, 4) is 0 Å². The minimum absolute atomic E-state index is 0.269. The molecular formula is C24H47NO. The van der Waals surface area contributed by atoms with Gasteiger partial charge in [-0.25, -0.2) is 0 Å². The molecule has 0 N–H and O–H groups in total. The highest BCUT2D eigenvalue weighted by molar-refractivity contribution is 5.75. The molecule has 0 aromatic carbocycles. The van der Waals surface area contributed by atoms with Crippen molar-refractivity contribution in [2.45, 2.75) is 122 Å². The number of rotatable bonds is 19. The van der Waals surface area contributed by atoms with Crippen LogP contribution in [0.2, 0.25) is 0 Å². The van der Waals surface area contributed by atoms with Crippen LogP contribution in [-0.2, 0) is 4.79 Å². The smallest absolute Gasteiger partial charge is 0.222 e. The van der Waals surface area contributed by atoms with Crippen molar-refractivity contribution in [1.29, 1.82) is 0 Å². The lowest BCUT2D eigenvalue weighted by Crippen LogP contribution is -2.20. The van der Waals surface area contributed by atoms with Gasteiger partial charge in [-0.3, -0.25) is 4.79 Å². The molecular weight excluding hydrogens is 318 g/mol. The monoisotopic (exact) mass is 365 g/mol. The zero-order valence-corrected chi connectivity index (χ0v) is 18.2. The van der Waals surface area contributed by atoms with E-state index in [1.54, 1.807) is 4.90 Å². The highest BCUT2D eigenvalue weighted by atomic mass is 16.2. The minimum Gasteiger partial charge on any atom is -0.349 e. The highest BCUT2D eigenvalue weighted by Gasteiger charge is 2.02. The summed E-state index contributed by atoms with van der Waals surface area (Å²) in [6.07, 6.45) is 28.3. The second-order valence-corrected chi connectivity index (χ2v) is 8.04. The number of amides is 1. The van der Waals surface area contributed by atoms with Crippen LogP contribution in [0.5, 0.6) is 0 Å². The van der Waals surface area contributed by atoms with Crippen molar-refractivity contribution in [3.05, 3.63) is 12.2 Å². The van der Waals surface area contributed by atoms with Crippen molar-refractivity contribution in [1.82, 2.24) is 4.90 Å². The first-order valence-corrected chi connectivity index (χ1v) is 11.5. The van der Waals surface area contributed by atoms with Crippen molar-refractivity contribution in [3.63, 3.8) is 0 Å². The number of hydrogen-bond donors (Lipinski definition) is 0. The first-order chi connectivity index (χ1) is 12.7. The summed E-state index contributed by atoms with van der Waals surface area (Å²) in [7, 11) is 3.68. The molecule has 0 aromatic rings. The first kappa shape index (κ1) is 25.2. The molecule has 0 rings (SSSR count). The molecule has 0 radical (unpaired) electrons. The second kappa shape index (κ2) is 20.5. The van der Waals surface area contributed by atoms with Gasteiger partial charge in [0.15, 0.2) is 0 Å². The van der Waals surface area contributed by atoms with Crippen molar-refractivity contribution >= 4 is 5.91 Å². The predicted molar refractivity (Wildman–Crippen MR) is 117 cm³/mol. The maximum absolute atomic E-state index is 11.4. The summed E-state index contributed by atoms with van der Waals surface area (Å²) in [6.45, 7) is 2.28. The quantitative estimate of drug-likeness (QED) is 0.170. The average Bonchev–Trinajstić information content (AvgIpc) is 2.63. The van der Waals surface area contributed by atoms with Gasteiger partial charge in [-0.05, 0) is 32.1 Å². The molecule has 1 amide bonds. The zero-order chi connectivity index (χ0) is 19.3. The van der Waals surface area contributed by atoms with Gasteiger partial charge in [0.1, 0.15) is 0 Å². The Morgan fingerprint density at radius 1 is 0.615 bits per heavy atom. The van der Waals surface area contributed by atoms with Crippen LogP contribution < -0.4 is 0 Å². The van der Waals surface area contributed by atoms with E-state index in [9.17, 15) is 4.79 Å². The molecule has 0 heterocycles. The van der Waals surface area contributed by atoms with Crippen molar-refractivity contribution in [2.75, 3.05) is 14.1 Å². The number of unbranched alkanes of at least 4 members (excludes halogenated alkanes) is 15. The molecule has 0 aliphatic carbocycles. The molecule has 2 nitrogen and oxygen atoms in total. The molecule has 0 atom stereocenters. The fraction of sp³-hybridized carbons (Fsp3) is 0.875. The van der Waals surface area contributed by atoms with Gasteiger partial charge in [-0.15, -0.1) is 0 Å². The molecule has 0 aromatic heterocycles. The molecule has 0 spiro atoms. The molecule has 0 aliphatic heterocycles. The summed E-state index contributed by atoms with van der Waals surface area (Å²) in [5.41, 5.74) is 0. The summed E-state index contributed by atoms with van der Waals surface area (Å²) >= 11 is 0. The topological polar surface area (TPSA) is 20.3 Å². The van der Waals surface area contributed by atoms with Crippen molar-refractivity contribution < 1.29 is 4.79 Å². The van der Waals surface area contributed by atoms with Crippen LogP contribution in [0.4, 0.5) is 0 Å². The maximum Gasteiger partial charge on any atom is 0.222 e. The summed E-state index contributed by atoms with van der Waals surface area (Å²) < 4.78 is 0. The van der Waals surface area contributed by atoms with Crippen LogP contribution in [0.1, 0.15) is 122 Å². The zero-order valence-electron chi connectivity index (χ0n) is 18.2. The Labute approximate surface area is 164 Å². The third-order valence-electron chi connectivity index (χ3n) is 5.15. The summed E-state index contributed by atoms with van der Waals surface area (Å²) in [6, 6.07) is 0. The number of allylic oxidation sites excluding steroid dienone is 2. The minimum atomic E-state index is 0.269. The predicted octanol–water partition coefficient (Wildman–Crippen LogP) is 7.67. The third-order valence-corrected chi connectivity index (χ3v) is 5.15. The van der Waals surface area contributed by atoms with Gasteiger partial charge in [-0.2, -0.15) is 0 Å². The molecule has 0 bridgehead atoms. The van der Waals surface area contributed by atoms with E-state index in [1.807, 2.05) is 14.1 Å². The van der Waals surface area contributed by atoms with Gasteiger partial charge >= 0.3 is 0 Å². The highest BCUT2D eigenvalue weighted by Crippen LogP contribution is 2.12. The summed E-state index contributed by atoms with van der Waals surface area (Å²) in [4.78, 5) is 13.1. The lowest BCUT2D eigenvalue weighted by molar-refractivity contribution is -0.128. The van der Waals surface area contributed by atoms with Crippen LogP contribution in [0.25, 0.3) is 0 Å². The van der Waals surface area contributed by atoms with Crippen LogP contribution >= 0.6 is 0 Å². The number of carbonyl (C=O) groups is 1.